The number of hydrogen-bond donors (Lipinski definition) is 1. The standard InChI is InChI=1S/C16H22ClN3O2/c1-2-19-7-9-20(10-8-19)16(22)12-18-15(21)11-13-3-5-14(17)6-4-13/h3-6H,2,7-12H2,1H3,(H,18,21). The van der Waals surface area contributed by atoms with Crippen LogP contribution in [-0.4, -0.2) is 60.9 Å². The number of amides is 2. The first-order valence-corrected chi connectivity index (χ1v) is 7.97. The van der Waals surface area contributed by atoms with E-state index in [2.05, 4.69) is 17.1 Å². The molecule has 1 aliphatic rings. The molecule has 1 aromatic rings. The van der Waals surface area contributed by atoms with Gasteiger partial charge in [0.2, 0.25) is 11.8 Å². The van der Waals surface area contributed by atoms with E-state index in [0.29, 0.717) is 5.02 Å². The van der Waals surface area contributed by atoms with E-state index in [1.54, 1.807) is 12.1 Å². The van der Waals surface area contributed by atoms with Gasteiger partial charge in [0.1, 0.15) is 0 Å². The van der Waals surface area contributed by atoms with Crippen LogP contribution in [0.15, 0.2) is 24.3 Å². The van der Waals surface area contributed by atoms with Crippen LogP contribution in [0.2, 0.25) is 5.02 Å². The van der Waals surface area contributed by atoms with Gasteiger partial charge in [-0.15, -0.1) is 0 Å². The van der Waals surface area contributed by atoms with Crippen molar-refractivity contribution in [3.63, 3.8) is 0 Å². The average molecular weight is 324 g/mol. The SMILES string of the molecule is CCN1CCN(C(=O)CNC(=O)Cc2ccc(Cl)cc2)CC1. The van der Waals surface area contributed by atoms with Crippen LogP contribution in [0.25, 0.3) is 0 Å². The molecule has 0 saturated carbocycles. The van der Waals surface area contributed by atoms with Crippen molar-refractivity contribution < 1.29 is 9.59 Å². The number of halogens is 1. The van der Waals surface area contributed by atoms with Crippen LogP contribution in [0.1, 0.15) is 12.5 Å². The lowest BCUT2D eigenvalue weighted by atomic mass is 10.1. The minimum Gasteiger partial charge on any atom is -0.347 e. The third-order valence-corrected chi connectivity index (χ3v) is 4.14. The lowest BCUT2D eigenvalue weighted by Crippen LogP contribution is -2.51. The van der Waals surface area contributed by atoms with Gasteiger partial charge in [-0.05, 0) is 24.2 Å². The van der Waals surface area contributed by atoms with Crippen LogP contribution < -0.4 is 5.32 Å². The Bertz CT molecular complexity index is 511. The van der Waals surface area contributed by atoms with Crippen LogP contribution in [-0.2, 0) is 16.0 Å². The summed E-state index contributed by atoms with van der Waals surface area (Å²) in [5.41, 5.74) is 0.880. The Morgan fingerprint density at radius 2 is 1.77 bits per heavy atom. The Balaban J connectivity index is 1.72. The summed E-state index contributed by atoms with van der Waals surface area (Å²) in [6.07, 6.45) is 0.258. The average Bonchev–Trinajstić information content (AvgIpc) is 2.55. The highest BCUT2D eigenvalue weighted by atomic mass is 35.5. The molecular formula is C16H22ClN3O2. The number of rotatable bonds is 5. The molecule has 0 atom stereocenters. The van der Waals surface area contributed by atoms with E-state index < -0.39 is 0 Å². The van der Waals surface area contributed by atoms with E-state index in [9.17, 15) is 9.59 Å². The normalized spacial score (nSPS) is 15.6. The Morgan fingerprint density at radius 3 is 2.36 bits per heavy atom. The zero-order chi connectivity index (χ0) is 15.9. The molecule has 0 spiro atoms. The predicted molar refractivity (Wildman–Crippen MR) is 86.9 cm³/mol. The topological polar surface area (TPSA) is 52.6 Å². The summed E-state index contributed by atoms with van der Waals surface area (Å²) in [6, 6.07) is 7.13. The molecular weight excluding hydrogens is 302 g/mol. The number of nitrogens with one attached hydrogen (secondary N) is 1. The van der Waals surface area contributed by atoms with E-state index >= 15 is 0 Å². The summed E-state index contributed by atoms with van der Waals surface area (Å²) in [4.78, 5) is 28.1. The van der Waals surface area contributed by atoms with E-state index in [1.165, 1.54) is 0 Å². The molecule has 1 fully saturated rings. The molecule has 0 bridgehead atoms. The fourth-order valence-corrected chi connectivity index (χ4v) is 2.58. The number of likely N-dealkylation sites (N-methyl/N-ethyl adjacent to an activating group) is 1. The van der Waals surface area contributed by atoms with Crippen molar-refractivity contribution in [2.24, 2.45) is 0 Å². The molecule has 22 heavy (non-hydrogen) atoms. The molecule has 5 nitrogen and oxygen atoms in total. The maximum Gasteiger partial charge on any atom is 0.242 e. The highest BCUT2D eigenvalue weighted by molar-refractivity contribution is 6.30. The van der Waals surface area contributed by atoms with Crippen molar-refractivity contribution in [1.29, 1.82) is 0 Å². The largest absolute Gasteiger partial charge is 0.347 e. The highest BCUT2D eigenvalue weighted by Crippen LogP contribution is 2.09. The van der Waals surface area contributed by atoms with Crippen LogP contribution in [0, 0.1) is 0 Å². The van der Waals surface area contributed by atoms with Gasteiger partial charge in [-0.25, -0.2) is 0 Å². The fourth-order valence-electron chi connectivity index (χ4n) is 2.45. The summed E-state index contributed by atoms with van der Waals surface area (Å²) >= 11 is 5.80. The quantitative estimate of drug-likeness (QED) is 0.885. The van der Waals surface area contributed by atoms with Crippen molar-refractivity contribution in [2.75, 3.05) is 39.3 Å². The smallest absolute Gasteiger partial charge is 0.242 e. The highest BCUT2D eigenvalue weighted by Gasteiger charge is 2.20. The molecule has 1 heterocycles. The fraction of sp³-hybridized carbons (Fsp3) is 0.500. The first-order chi connectivity index (χ1) is 10.6. The van der Waals surface area contributed by atoms with E-state index in [4.69, 9.17) is 11.6 Å². The molecule has 0 aromatic heterocycles. The number of piperazine rings is 1. The monoisotopic (exact) mass is 323 g/mol. The molecule has 2 rings (SSSR count). The van der Waals surface area contributed by atoms with E-state index in [0.717, 1.165) is 38.3 Å². The summed E-state index contributed by atoms with van der Waals surface area (Å²) in [5, 5.41) is 3.34. The van der Waals surface area contributed by atoms with Crippen molar-refractivity contribution >= 4 is 23.4 Å². The van der Waals surface area contributed by atoms with Gasteiger partial charge in [0.15, 0.2) is 0 Å². The zero-order valence-electron chi connectivity index (χ0n) is 12.8. The molecule has 2 amide bonds. The molecule has 1 saturated heterocycles. The van der Waals surface area contributed by atoms with Crippen LogP contribution in [0.3, 0.4) is 0 Å². The minimum atomic E-state index is -0.150. The maximum atomic E-state index is 12.1. The lowest BCUT2D eigenvalue weighted by Gasteiger charge is -2.34. The van der Waals surface area contributed by atoms with E-state index in [-0.39, 0.29) is 24.8 Å². The van der Waals surface area contributed by atoms with Crippen LogP contribution in [0.4, 0.5) is 0 Å². The van der Waals surface area contributed by atoms with Crippen LogP contribution in [0.5, 0.6) is 0 Å². The lowest BCUT2D eigenvalue weighted by molar-refractivity contribution is -0.134. The number of carbonyl (C=O) groups is 2. The Labute approximate surface area is 136 Å². The van der Waals surface area contributed by atoms with Crippen LogP contribution >= 0.6 is 11.6 Å². The second-order valence-corrected chi connectivity index (χ2v) is 5.83. The van der Waals surface area contributed by atoms with Gasteiger partial charge in [0, 0.05) is 31.2 Å². The second-order valence-electron chi connectivity index (χ2n) is 5.40. The first-order valence-electron chi connectivity index (χ1n) is 7.59. The van der Waals surface area contributed by atoms with Gasteiger partial charge < -0.3 is 15.1 Å². The first kappa shape index (κ1) is 16.8. The molecule has 0 radical (unpaired) electrons. The summed E-state index contributed by atoms with van der Waals surface area (Å²) in [5.74, 6) is -0.164. The van der Waals surface area contributed by atoms with E-state index in [1.807, 2.05) is 17.0 Å². The van der Waals surface area contributed by atoms with Gasteiger partial charge in [-0.1, -0.05) is 30.7 Å². The van der Waals surface area contributed by atoms with Crippen molar-refractivity contribution in [3.8, 4) is 0 Å². The third-order valence-electron chi connectivity index (χ3n) is 3.89. The summed E-state index contributed by atoms with van der Waals surface area (Å²) in [6.45, 7) is 6.48. The Kier molecular flexibility index (Phi) is 6.21. The summed E-state index contributed by atoms with van der Waals surface area (Å²) < 4.78 is 0. The number of benzene rings is 1. The van der Waals surface area contributed by atoms with Crippen molar-refractivity contribution in [3.05, 3.63) is 34.9 Å². The number of hydrogen-bond acceptors (Lipinski definition) is 3. The Morgan fingerprint density at radius 1 is 1.14 bits per heavy atom. The third kappa shape index (κ3) is 5.00. The van der Waals surface area contributed by atoms with Gasteiger partial charge in [0.05, 0.1) is 13.0 Å². The predicted octanol–water partition coefficient (Wildman–Crippen LogP) is 1.16. The number of nitrogens with zero attached hydrogens (tertiary/aromatic N) is 2. The molecule has 120 valence electrons. The molecule has 1 aliphatic heterocycles. The molecule has 0 aliphatic carbocycles. The van der Waals surface area contributed by atoms with Gasteiger partial charge in [-0.3, -0.25) is 9.59 Å². The minimum absolute atomic E-state index is 0.0137. The molecule has 0 unspecified atom stereocenters. The molecule has 1 N–H and O–H groups in total. The van der Waals surface area contributed by atoms with Crippen molar-refractivity contribution in [1.82, 2.24) is 15.1 Å². The summed E-state index contributed by atoms with van der Waals surface area (Å²) in [7, 11) is 0. The van der Waals surface area contributed by atoms with Crippen molar-refractivity contribution in [2.45, 2.75) is 13.3 Å². The maximum absolute atomic E-state index is 12.1. The zero-order valence-corrected chi connectivity index (χ0v) is 13.6. The second kappa shape index (κ2) is 8.15. The molecule has 1 aromatic carbocycles. The van der Waals surface area contributed by atoms with Gasteiger partial charge in [-0.2, -0.15) is 0 Å². The van der Waals surface area contributed by atoms with Gasteiger partial charge in [0.25, 0.3) is 0 Å². The van der Waals surface area contributed by atoms with Gasteiger partial charge >= 0.3 is 0 Å². The number of carbonyl (C=O) groups excluding carboxylic acids is 2. The Hall–Kier alpha value is -1.59. The molecule has 6 heteroatoms.